The summed E-state index contributed by atoms with van der Waals surface area (Å²) < 4.78 is 29.1. The minimum atomic E-state index is -0.514. The molecule has 2 unspecified atom stereocenters. The third-order valence-corrected chi connectivity index (χ3v) is 5.72. The zero-order valence-electron chi connectivity index (χ0n) is 18.1. The van der Waals surface area contributed by atoms with Crippen LogP contribution in [0.5, 0.6) is 5.88 Å². The van der Waals surface area contributed by atoms with Crippen molar-refractivity contribution in [2.24, 2.45) is 11.8 Å². The Morgan fingerprint density at radius 3 is 2.69 bits per heavy atom. The Morgan fingerprint density at radius 1 is 1.28 bits per heavy atom. The number of fused-ring (bicyclic) bond motifs is 1. The zero-order valence-corrected chi connectivity index (χ0v) is 18.1. The number of benzene rings is 1. The lowest BCUT2D eigenvalue weighted by atomic mass is 10.2. The van der Waals surface area contributed by atoms with Gasteiger partial charge in [0.2, 0.25) is 5.91 Å². The van der Waals surface area contributed by atoms with E-state index in [1.807, 2.05) is 6.92 Å². The molecule has 9 nitrogen and oxygen atoms in total. The van der Waals surface area contributed by atoms with Gasteiger partial charge in [0.25, 0.3) is 5.88 Å². The number of aromatic nitrogens is 1. The number of nitrogens with zero attached hydrogens (tertiary/aromatic N) is 3. The standard InChI is InChI=1S/C17H20FN3O3.C5H7NO2/c1-10(22)19-6-14-9-21(17(23)24-14)13-2-3-16(15(18)5-13)20-7-11-4-12(11)8-20;1-2-7-5-3-4-8-6-5/h2-3,5,11-12,14H,4,6-9H2,1H3,(H,19,22);3-4H,2H2,1H3/t11-,12?,14?;/m0./s1. The van der Waals surface area contributed by atoms with Gasteiger partial charge in [-0.2, -0.15) is 0 Å². The summed E-state index contributed by atoms with van der Waals surface area (Å²) in [6.07, 6.45) is 1.81. The molecule has 2 amide bonds. The predicted octanol–water partition coefficient (Wildman–Crippen LogP) is 2.82. The molecule has 2 aliphatic heterocycles. The number of carbonyl (C=O) groups excluding carboxylic acids is 2. The average molecular weight is 446 g/mol. The fourth-order valence-electron chi connectivity index (χ4n) is 4.04. The molecule has 3 heterocycles. The molecule has 1 aromatic carbocycles. The van der Waals surface area contributed by atoms with E-state index in [4.69, 9.17) is 9.47 Å². The van der Waals surface area contributed by atoms with Gasteiger partial charge < -0.3 is 24.2 Å². The summed E-state index contributed by atoms with van der Waals surface area (Å²) in [5.74, 6) is 1.52. The lowest BCUT2D eigenvalue weighted by Gasteiger charge is -2.22. The molecule has 3 fully saturated rings. The number of cyclic esters (lactones) is 1. The summed E-state index contributed by atoms with van der Waals surface area (Å²) in [6, 6.07) is 6.55. The molecule has 0 spiro atoms. The third kappa shape index (κ3) is 5.12. The Balaban J connectivity index is 0.000000260. The van der Waals surface area contributed by atoms with Crippen LogP contribution in [0.3, 0.4) is 0 Å². The highest BCUT2D eigenvalue weighted by atomic mass is 19.1. The van der Waals surface area contributed by atoms with Gasteiger partial charge >= 0.3 is 6.09 Å². The van der Waals surface area contributed by atoms with Crippen molar-refractivity contribution in [3.05, 3.63) is 36.3 Å². The van der Waals surface area contributed by atoms with Crippen LogP contribution < -0.4 is 19.9 Å². The van der Waals surface area contributed by atoms with E-state index in [0.29, 0.717) is 30.4 Å². The van der Waals surface area contributed by atoms with E-state index in [9.17, 15) is 14.0 Å². The van der Waals surface area contributed by atoms with Crippen LogP contribution in [-0.2, 0) is 9.53 Å². The maximum Gasteiger partial charge on any atom is 0.414 e. The van der Waals surface area contributed by atoms with Crippen LogP contribution in [0.4, 0.5) is 20.6 Å². The molecule has 172 valence electrons. The Morgan fingerprint density at radius 2 is 2.06 bits per heavy atom. The number of amides is 2. The molecular weight excluding hydrogens is 419 g/mol. The number of halogens is 1. The second-order valence-electron chi connectivity index (χ2n) is 8.12. The van der Waals surface area contributed by atoms with Crippen LogP contribution in [0, 0.1) is 17.7 Å². The predicted molar refractivity (Wildman–Crippen MR) is 114 cm³/mol. The van der Waals surface area contributed by atoms with E-state index in [2.05, 4.69) is 19.9 Å². The number of rotatable bonds is 6. The molecule has 3 atom stereocenters. The van der Waals surface area contributed by atoms with Crippen molar-refractivity contribution in [2.45, 2.75) is 26.4 Å². The Kier molecular flexibility index (Phi) is 6.48. The smallest absolute Gasteiger partial charge is 0.414 e. The zero-order chi connectivity index (χ0) is 22.7. The van der Waals surface area contributed by atoms with Crippen molar-refractivity contribution in [3.8, 4) is 5.88 Å². The van der Waals surface area contributed by atoms with Gasteiger partial charge in [-0.15, -0.1) is 0 Å². The van der Waals surface area contributed by atoms with Crippen LogP contribution in [-0.4, -0.2) is 56.0 Å². The summed E-state index contributed by atoms with van der Waals surface area (Å²) in [5.41, 5.74) is 1.09. The first kappa shape index (κ1) is 21.9. The molecule has 1 aliphatic carbocycles. The van der Waals surface area contributed by atoms with Gasteiger partial charge in [-0.3, -0.25) is 9.69 Å². The molecule has 5 rings (SSSR count). The maximum atomic E-state index is 14.5. The summed E-state index contributed by atoms with van der Waals surface area (Å²) in [6.45, 7) is 6.34. The van der Waals surface area contributed by atoms with Crippen LogP contribution in [0.1, 0.15) is 20.3 Å². The Hall–Kier alpha value is -3.30. The quantitative estimate of drug-likeness (QED) is 0.729. The van der Waals surface area contributed by atoms with Gasteiger partial charge in [0.1, 0.15) is 18.2 Å². The number of nitrogens with one attached hydrogen (secondary N) is 1. The van der Waals surface area contributed by atoms with Crippen LogP contribution in [0.15, 0.2) is 35.1 Å². The van der Waals surface area contributed by atoms with Gasteiger partial charge in [0.05, 0.1) is 31.1 Å². The van der Waals surface area contributed by atoms with Crippen LogP contribution in [0.2, 0.25) is 0 Å². The third-order valence-electron chi connectivity index (χ3n) is 5.72. The van der Waals surface area contributed by atoms with Crippen molar-refractivity contribution in [1.82, 2.24) is 10.5 Å². The van der Waals surface area contributed by atoms with E-state index in [-0.39, 0.29) is 18.3 Å². The first-order valence-electron chi connectivity index (χ1n) is 10.7. The summed E-state index contributed by atoms with van der Waals surface area (Å²) in [4.78, 5) is 26.4. The number of anilines is 2. The molecule has 2 aromatic rings. The van der Waals surface area contributed by atoms with Gasteiger partial charge in [0.15, 0.2) is 0 Å². The van der Waals surface area contributed by atoms with Crippen LogP contribution >= 0.6 is 0 Å². The minimum absolute atomic E-state index is 0.177. The largest absolute Gasteiger partial charge is 0.476 e. The molecule has 1 aromatic heterocycles. The summed E-state index contributed by atoms with van der Waals surface area (Å²) in [7, 11) is 0. The van der Waals surface area contributed by atoms with Gasteiger partial charge in [-0.25, -0.2) is 9.18 Å². The molecule has 0 radical (unpaired) electrons. The molecule has 10 heteroatoms. The second-order valence-corrected chi connectivity index (χ2v) is 8.12. The molecule has 32 heavy (non-hydrogen) atoms. The Bertz CT molecular complexity index is 944. The van der Waals surface area contributed by atoms with E-state index < -0.39 is 12.2 Å². The second kappa shape index (κ2) is 9.46. The summed E-state index contributed by atoms with van der Waals surface area (Å²) >= 11 is 0. The van der Waals surface area contributed by atoms with Gasteiger partial charge in [0, 0.05) is 26.1 Å². The monoisotopic (exact) mass is 446 g/mol. The highest BCUT2D eigenvalue weighted by molar-refractivity contribution is 5.90. The van der Waals surface area contributed by atoms with Gasteiger partial charge in [-0.05, 0) is 48.5 Å². The lowest BCUT2D eigenvalue weighted by molar-refractivity contribution is -0.119. The average Bonchev–Trinajstić information content (AvgIpc) is 3.14. The number of piperidine rings is 1. The van der Waals surface area contributed by atoms with Crippen molar-refractivity contribution in [3.63, 3.8) is 0 Å². The molecular formula is C22H27FN4O5. The maximum absolute atomic E-state index is 14.5. The van der Waals surface area contributed by atoms with Crippen molar-refractivity contribution in [2.75, 3.05) is 42.6 Å². The van der Waals surface area contributed by atoms with E-state index >= 15 is 0 Å². The number of ether oxygens (including phenoxy) is 2. The van der Waals surface area contributed by atoms with E-state index in [0.717, 1.165) is 24.9 Å². The van der Waals surface area contributed by atoms with Crippen LogP contribution in [0.25, 0.3) is 0 Å². The molecule has 0 bridgehead atoms. The van der Waals surface area contributed by atoms with E-state index in [1.165, 1.54) is 30.6 Å². The first-order chi connectivity index (χ1) is 15.4. The normalized spacial score (nSPS) is 23.2. The molecule has 1 N–H and O–H groups in total. The van der Waals surface area contributed by atoms with Crippen molar-refractivity contribution in [1.29, 1.82) is 0 Å². The van der Waals surface area contributed by atoms with E-state index in [1.54, 1.807) is 18.2 Å². The molecule has 3 aliphatic rings. The summed E-state index contributed by atoms with van der Waals surface area (Å²) in [5, 5.41) is 6.13. The minimum Gasteiger partial charge on any atom is -0.476 e. The topological polar surface area (TPSA) is 97.1 Å². The fraction of sp³-hybridized carbons (Fsp3) is 0.500. The SMILES string of the molecule is CC(=O)NCC1CN(c2ccc(N3CC4C[C@H]4C3)c(F)c2)C(=O)O1.CCOc1ccon1. The Labute approximate surface area is 185 Å². The van der Waals surface area contributed by atoms with Crippen molar-refractivity contribution >= 4 is 23.4 Å². The fourth-order valence-corrected chi connectivity index (χ4v) is 4.04. The first-order valence-corrected chi connectivity index (χ1v) is 10.7. The van der Waals surface area contributed by atoms with Crippen molar-refractivity contribution < 1.29 is 28.0 Å². The highest BCUT2D eigenvalue weighted by Gasteiger charge is 2.45. The molecule has 2 saturated heterocycles. The number of hydrogen-bond donors (Lipinski definition) is 1. The number of hydrogen-bond acceptors (Lipinski definition) is 7. The number of carbonyl (C=O) groups is 2. The lowest BCUT2D eigenvalue weighted by Crippen LogP contribution is -2.33. The van der Waals surface area contributed by atoms with Gasteiger partial charge in [-0.1, -0.05) is 0 Å². The highest BCUT2D eigenvalue weighted by Crippen LogP contribution is 2.46. The molecule has 1 saturated carbocycles.